The predicted octanol–water partition coefficient (Wildman–Crippen LogP) is 15.1. The minimum absolute atomic E-state index is 0.0788. The molecule has 0 aliphatic carbocycles. The number of halogens is 3. The van der Waals surface area contributed by atoms with Crippen molar-refractivity contribution in [2.24, 2.45) is 0 Å². The molecule has 0 amide bonds. The number of hydrogen-bond acceptors (Lipinski definition) is 7. The molecule has 1 aliphatic rings. The van der Waals surface area contributed by atoms with Crippen molar-refractivity contribution in [1.82, 2.24) is 0 Å². The molecule has 4 aromatic rings. The maximum absolute atomic E-state index is 12.9. The molecule has 0 atom stereocenters. The van der Waals surface area contributed by atoms with Gasteiger partial charge >= 0.3 is 22.7 Å². The Balaban J connectivity index is 0.000000317. The predicted molar refractivity (Wildman–Crippen MR) is 297 cm³/mol. The molecule has 73 heavy (non-hydrogen) atoms. The van der Waals surface area contributed by atoms with Gasteiger partial charge in [-0.2, -0.15) is 21.6 Å². The highest BCUT2D eigenvalue weighted by atomic mass is 32.2. The van der Waals surface area contributed by atoms with Crippen LogP contribution in [0.3, 0.4) is 0 Å². The van der Waals surface area contributed by atoms with E-state index in [9.17, 15) is 31.8 Å². The van der Waals surface area contributed by atoms with Crippen molar-refractivity contribution in [3.05, 3.63) is 140 Å². The summed E-state index contributed by atoms with van der Waals surface area (Å²) >= 11 is 0. The second-order valence-corrected chi connectivity index (χ2v) is 23.1. The maximum Gasteiger partial charge on any atom is 0.534 e. The van der Waals surface area contributed by atoms with Gasteiger partial charge in [0.05, 0.1) is 22.4 Å². The van der Waals surface area contributed by atoms with Crippen LogP contribution < -0.4 is 9.65 Å². The lowest BCUT2D eigenvalue weighted by atomic mass is 9.66. The lowest BCUT2D eigenvalue weighted by molar-refractivity contribution is -0.0500. The van der Waals surface area contributed by atoms with Gasteiger partial charge in [-0.05, 0) is 182 Å². The third-order valence-corrected chi connectivity index (χ3v) is 17.7. The Hall–Kier alpha value is -4.20. The molecule has 7 nitrogen and oxygen atoms in total. The summed E-state index contributed by atoms with van der Waals surface area (Å²) in [5, 5.41) is 21.3. The highest BCUT2D eigenvalue weighted by Crippen LogP contribution is 2.44. The van der Waals surface area contributed by atoms with E-state index in [4.69, 9.17) is 9.31 Å². The van der Waals surface area contributed by atoms with Crippen LogP contribution >= 0.6 is 0 Å². The Morgan fingerprint density at radius 1 is 0.521 bits per heavy atom. The largest absolute Gasteiger partial charge is 0.534 e. The summed E-state index contributed by atoms with van der Waals surface area (Å²) < 4.78 is 79.2. The fourth-order valence-corrected chi connectivity index (χ4v) is 10.9. The van der Waals surface area contributed by atoms with E-state index in [1.165, 1.54) is 27.8 Å². The van der Waals surface area contributed by atoms with Crippen LogP contribution in [0.1, 0.15) is 201 Å². The van der Waals surface area contributed by atoms with Gasteiger partial charge < -0.3 is 23.7 Å². The molecule has 0 bridgehead atoms. The zero-order chi connectivity index (χ0) is 55.3. The molecular weight excluding hydrogens is 945 g/mol. The topological polar surface area (TPSA) is 102 Å². The highest BCUT2D eigenvalue weighted by Gasteiger charge is 2.53. The van der Waals surface area contributed by atoms with E-state index in [0.717, 1.165) is 59.0 Å². The second-order valence-electron chi connectivity index (χ2n) is 21.5. The lowest BCUT2D eigenvalue weighted by Gasteiger charge is -2.35. The molecule has 0 aromatic heterocycles. The first kappa shape index (κ1) is 61.4. The molecule has 5 rings (SSSR count). The van der Waals surface area contributed by atoms with Gasteiger partial charge in [-0.1, -0.05) is 151 Å². The molecule has 0 unspecified atom stereocenters. The minimum Gasteiger partial charge on any atom is -0.399 e. The van der Waals surface area contributed by atoms with Crippen LogP contribution in [0.4, 0.5) is 13.2 Å². The molecule has 0 spiro atoms. The van der Waals surface area contributed by atoms with E-state index in [0.29, 0.717) is 36.8 Å². The van der Waals surface area contributed by atoms with Crippen molar-refractivity contribution in [3.63, 3.8) is 0 Å². The fraction of sp³-hybridized carbons (Fsp3) is 0.541. The normalized spacial score (nSPS) is 15.6. The number of rotatable bonds is 19. The van der Waals surface area contributed by atoms with Crippen LogP contribution in [-0.2, 0) is 30.3 Å². The van der Waals surface area contributed by atoms with Crippen LogP contribution in [-0.4, -0.2) is 53.7 Å². The average Bonchev–Trinajstić information content (AvgIpc) is 3.54. The molecule has 4 aromatic carbocycles. The molecule has 402 valence electrons. The number of aryl methyl sites for hydroxylation is 6. The van der Waals surface area contributed by atoms with E-state index in [1.807, 2.05) is 65.0 Å². The summed E-state index contributed by atoms with van der Waals surface area (Å²) in [5.41, 5.74) is 4.96. The van der Waals surface area contributed by atoms with Crippen molar-refractivity contribution in [2.45, 2.75) is 215 Å². The van der Waals surface area contributed by atoms with Crippen LogP contribution in [0, 0.1) is 41.5 Å². The van der Waals surface area contributed by atoms with Crippen molar-refractivity contribution in [3.8, 4) is 5.75 Å². The Kier molecular flexibility index (Phi) is 19.6. The summed E-state index contributed by atoms with van der Waals surface area (Å²) in [6.45, 7) is 36.7. The standard InChI is InChI=1S/C33H49BO3.C28H37F3O4S/c1-12-32(35,13-2)19-18-26-16-17-27(20-23(26)5)33(14-3,15-4)28-21-24(6)29(25(7)22-28)34-36-30(8,9)31(10,11)37-34;1-8-26(32,9-2)15-14-22-12-13-23(16-19(22)5)27(10-3,11-4)24-17-20(6)25(21(7)18-24)35-36(33,34)28(29,30)31/h16-22,35H,12-15H2,1-11H3;12-18,32H,8-11H2,1-7H3/b19-18+;15-14+. The molecular formula is C61H86BF3O7S. The van der Waals surface area contributed by atoms with Gasteiger partial charge in [0.2, 0.25) is 0 Å². The van der Waals surface area contributed by atoms with Gasteiger partial charge in [0, 0.05) is 10.8 Å². The van der Waals surface area contributed by atoms with E-state index >= 15 is 0 Å². The number of hydrogen-bond donors (Lipinski definition) is 2. The van der Waals surface area contributed by atoms with Crippen LogP contribution in [0.5, 0.6) is 5.75 Å². The zero-order valence-electron chi connectivity index (χ0n) is 47.3. The van der Waals surface area contributed by atoms with E-state index in [-0.39, 0.29) is 29.5 Å². The third kappa shape index (κ3) is 12.9. The zero-order valence-corrected chi connectivity index (χ0v) is 48.1. The summed E-state index contributed by atoms with van der Waals surface area (Å²) in [5.74, 6) is -0.298. The third-order valence-electron chi connectivity index (χ3n) is 16.8. The highest BCUT2D eigenvalue weighted by molar-refractivity contribution is 7.88. The summed E-state index contributed by atoms with van der Waals surface area (Å²) in [4.78, 5) is 0. The Morgan fingerprint density at radius 2 is 0.836 bits per heavy atom. The maximum atomic E-state index is 12.9. The molecule has 12 heteroatoms. The average molecular weight is 1030 g/mol. The summed E-state index contributed by atoms with van der Waals surface area (Å²) in [6, 6.07) is 21.1. The van der Waals surface area contributed by atoms with Gasteiger partial charge in [-0.3, -0.25) is 0 Å². The SMILES string of the molecule is CCC(O)(/C=C/c1ccc(C(CC)(CC)c2cc(C)c(B3OC(C)(C)C(C)(C)O3)c(C)c2)cc1C)CC.CCC(O)(/C=C/c1ccc(C(CC)(CC)c2cc(C)c(OS(=O)(=O)C(F)(F)F)c(C)c2)cc1C)CC. The van der Waals surface area contributed by atoms with Gasteiger partial charge in [0.15, 0.2) is 0 Å². The van der Waals surface area contributed by atoms with E-state index in [1.54, 1.807) is 26.0 Å². The molecule has 1 aliphatic heterocycles. The minimum atomic E-state index is -5.76. The van der Waals surface area contributed by atoms with Gasteiger partial charge in [-0.15, -0.1) is 0 Å². The first-order chi connectivity index (χ1) is 33.8. The molecule has 1 saturated heterocycles. The van der Waals surface area contributed by atoms with Crippen LogP contribution in [0.15, 0.2) is 72.8 Å². The van der Waals surface area contributed by atoms with Gasteiger partial charge in [0.25, 0.3) is 0 Å². The van der Waals surface area contributed by atoms with Gasteiger partial charge in [-0.25, -0.2) is 0 Å². The van der Waals surface area contributed by atoms with Crippen molar-refractivity contribution < 1.29 is 45.3 Å². The first-order valence-corrected chi connectivity index (χ1v) is 27.8. The quantitative estimate of drug-likeness (QED) is 0.0548. The fourth-order valence-electron chi connectivity index (χ4n) is 10.3. The summed E-state index contributed by atoms with van der Waals surface area (Å²) in [7, 11) is -6.11. The van der Waals surface area contributed by atoms with E-state index in [2.05, 4.69) is 123 Å². The van der Waals surface area contributed by atoms with Crippen molar-refractivity contribution >= 4 is 34.9 Å². The smallest absolute Gasteiger partial charge is 0.399 e. The van der Waals surface area contributed by atoms with Crippen LogP contribution in [0.2, 0.25) is 0 Å². The molecule has 2 N–H and O–H groups in total. The molecule has 1 fully saturated rings. The molecule has 1 heterocycles. The Labute approximate surface area is 438 Å². The lowest BCUT2D eigenvalue weighted by Crippen LogP contribution is -2.41. The Bertz CT molecular complexity index is 2660. The van der Waals surface area contributed by atoms with Gasteiger partial charge in [0.1, 0.15) is 5.75 Å². The Morgan fingerprint density at radius 3 is 1.12 bits per heavy atom. The van der Waals surface area contributed by atoms with Crippen molar-refractivity contribution in [1.29, 1.82) is 0 Å². The monoisotopic (exact) mass is 1030 g/mol. The number of benzene rings is 4. The first-order valence-electron chi connectivity index (χ1n) is 26.4. The number of aliphatic hydroxyl groups is 2. The van der Waals surface area contributed by atoms with E-state index < -0.39 is 32.2 Å². The van der Waals surface area contributed by atoms with Crippen LogP contribution in [0.25, 0.3) is 12.2 Å². The van der Waals surface area contributed by atoms with Crippen molar-refractivity contribution in [2.75, 3.05) is 0 Å². The molecule has 0 saturated carbocycles. The number of alkyl halides is 3. The molecule has 0 radical (unpaired) electrons. The summed E-state index contributed by atoms with van der Waals surface area (Å²) in [6.07, 6.45) is 14.0. The second kappa shape index (κ2) is 23.4.